The number of urea groups is 1. The molecule has 0 radical (unpaired) electrons. The second-order valence-electron chi connectivity index (χ2n) is 5.64. The molecule has 2 amide bonds. The second-order valence-corrected chi connectivity index (χ2v) is 5.64. The Labute approximate surface area is 154 Å². The fourth-order valence-corrected chi connectivity index (χ4v) is 2.51. The first-order chi connectivity index (χ1) is 13.2. The van der Waals surface area contributed by atoms with Gasteiger partial charge in [0.25, 0.3) is 0 Å². The number of pyridine rings is 3. The molecule has 9 heteroatoms. The number of anilines is 3. The van der Waals surface area contributed by atoms with E-state index in [4.69, 9.17) is 0 Å². The van der Waals surface area contributed by atoms with Gasteiger partial charge in [-0.3, -0.25) is 10.3 Å². The van der Waals surface area contributed by atoms with Crippen LogP contribution in [0.25, 0.3) is 22.2 Å². The van der Waals surface area contributed by atoms with Crippen molar-refractivity contribution < 1.29 is 4.79 Å². The van der Waals surface area contributed by atoms with Crippen molar-refractivity contribution in [2.24, 2.45) is 0 Å². The van der Waals surface area contributed by atoms with E-state index in [1.54, 1.807) is 24.5 Å². The van der Waals surface area contributed by atoms with E-state index in [-0.39, 0.29) is 6.03 Å². The fraction of sp³-hybridized carbons (Fsp3) is 0.111. The quantitative estimate of drug-likeness (QED) is 0.512. The zero-order valence-corrected chi connectivity index (χ0v) is 14.5. The molecule has 3 N–H and O–H groups in total. The molecule has 4 aromatic rings. The third kappa shape index (κ3) is 3.71. The molecule has 0 aliphatic heterocycles. The first kappa shape index (κ1) is 16.6. The van der Waals surface area contributed by atoms with Gasteiger partial charge in [-0.2, -0.15) is 0 Å². The molecule has 0 fully saturated rings. The first-order valence-corrected chi connectivity index (χ1v) is 8.39. The Kier molecular flexibility index (Phi) is 4.40. The highest BCUT2D eigenvalue weighted by Crippen LogP contribution is 2.18. The smallest absolute Gasteiger partial charge is 0.320 e. The normalized spacial score (nSPS) is 10.7. The van der Waals surface area contributed by atoms with Crippen LogP contribution in [0.3, 0.4) is 0 Å². The summed E-state index contributed by atoms with van der Waals surface area (Å²) in [4.78, 5) is 33.5. The lowest BCUT2D eigenvalue weighted by Gasteiger charge is -2.08. The molecular weight excluding hydrogens is 344 g/mol. The van der Waals surface area contributed by atoms with Gasteiger partial charge < -0.3 is 10.6 Å². The fourth-order valence-electron chi connectivity index (χ4n) is 2.51. The van der Waals surface area contributed by atoms with Crippen LogP contribution in [-0.4, -0.2) is 37.5 Å². The van der Waals surface area contributed by atoms with Crippen molar-refractivity contribution in [2.75, 3.05) is 17.2 Å². The number of hydrogen-bond acceptors (Lipinski definition) is 7. The van der Waals surface area contributed by atoms with Gasteiger partial charge in [-0.1, -0.05) is 0 Å². The molecule has 0 atom stereocenters. The summed E-state index contributed by atoms with van der Waals surface area (Å²) in [6, 6.07) is 10.5. The monoisotopic (exact) mass is 360 g/mol. The summed E-state index contributed by atoms with van der Waals surface area (Å²) in [7, 11) is 0. The number of fused-ring (bicyclic) bond motifs is 2. The van der Waals surface area contributed by atoms with Crippen LogP contribution < -0.4 is 16.0 Å². The molecule has 27 heavy (non-hydrogen) atoms. The Hall–Kier alpha value is -3.88. The zero-order valence-electron chi connectivity index (χ0n) is 14.5. The third-order valence-corrected chi connectivity index (χ3v) is 3.70. The van der Waals surface area contributed by atoms with Crippen LogP contribution in [0.2, 0.25) is 0 Å². The molecule has 4 heterocycles. The van der Waals surface area contributed by atoms with Gasteiger partial charge in [0.1, 0.15) is 17.2 Å². The summed E-state index contributed by atoms with van der Waals surface area (Å²) in [5.41, 5.74) is 2.63. The van der Waals surface area contributed by atoms with Crippen molar-refractivity contribution in [1.29, 1.82) is 0 Å². The average molecular weight is 360 g/mol. The predicted molar refractivity (Wildman–Crippen MR) is 103 cm³/mol. The van der Waals surface area contributed by atoms with Crippen LogP contribution in [0.5, 0.6) is 0 Å². The first-order valence-electron chi connectivity index (χ1n) is 8.39. The van der Waals surface area contributed by atoms with E-state index in [0.29, 0.717) is 35.2 Å². The van der Waals surface area contributed by atoms with Crippen LogP contribution in [0.4, 0.5) is 22.2 Å². The molecule has 0 aliphatic rings. The molecular formula is C18H16N8O. The largest absolute Gasteiger partial charge is 0.338 e. The number of carbonyl (C=O) groups excluding carboxylic acids is 1. The SMILES string of the molecule is CCNC(=O)Nc1ccc2ncc(Nc3ccc4ncccc4n3)nc2n1. The van der Waals surface area contributed by atoms with Crippen LogP contribution in [0.1, 0.15) is 6.92 Å². The van der Waals surface area contributed by atoms with E-state index < -0.39 is 0 Å². The van der Waals surface area contributed by atoms with E-state index >= 15 is 0 Å². The summed E-state index contributed by atoms with van der Waals surface area (Å²) in [6.07, 6.45) is 3.33. The van der Waals surface area contributed by atoms with Crippen molar-refractivity contribution in [3.63, 3.8) is 0 Å². The van der Waals surface area contributed by atoms with Crippen LogP contribution in [-0.2, 0) is 0 Å². The van der Waals surface area contributed by atoms with Gasteiger partial charge in [0.2, 0.25) is 0 Å². The maximum atomic E-state index is 11.6. The highest BCUT2D eigenvalue weighted by molar-refractivity contribution is 5.89. The lowest BCUT2D eigenvalue weighted by atomic mass is 10.3. The van der Waals surface area contributed by atoms with Gasteiger partial charge >= 0.3 is 6.03 Å². The van der Waals surface area contributed by atoms with Crippen molar-refractivity contribution >= 4 is 45.7 Å². The summed E-state index contributed by atoms with van der Waals surface area (Å²) < 4.78 is 0. The van der Waals surface area contributed by atoms with E-state index in [1.165, 1.54) is 0 Å². The maximum Gasteiger partial charge on any atom is 0.320 e. The van der Waals surface area contributed by atoms with Crippen molar-refractivity contribution in [2.45, 2.75) is 6.92 Å². The molecule has 4 aromatic heterocycles. The van der Waals surface area contributed by atoms with Crippen LogP contribution in [0.15, 0.2) is 48.8 Å². The van der Waals surface area contributed by atoms with E-state index in [2.05, 4.69) is 40.9 Å². The number of aromatic nitrogens is 5. The molecule has 4 rings (SSSR count). The molecule has 0 aromatic carbocycles. The molecule has 0 unspecified atom stereocenters. The number of hydrogen-bond donors (Lipinski definition) is 3. The van der Waals surface area contributed by atoms with Crippen molar-refractivity contribution in [3.05, 3.63) is 48.8 Å². The van der Waals surface area contributed by atoms with E-state index in [0.717, 1.165) is 11.0 Å². The molecule has 0 bridgehead atoms. The molecule has 0 saturated heterocycles. The number of amides is 2. The maximum absolute atomic E-state index is 11.6. The predicted octanol–water partition coefficient (Wildman–Crippen LogP) is 2.85. The molecule has 0 saturated carbocycles. The standard InChI is InChI=1S/C18H16N8O/c1-2-19-18(27)26-15-8-6-13-17(24-15)25-16(10-21-13)23-14-7-5-11-12(22-14)4-3-9-20-11/h3-10H,2H2,1H3,(H3,19,22,23,24,25,26,27). The number of nitrogens with one attached hydrogen (secondary N) is 3. The minimum Gasteiger partial charge on any atom is -0.338 e. The Bertz CT molecular complexity index is 1130. The van der Waals surface area contributed by atoms with Gasteiger partial charge in [0.05, 0.1) is 17.2 Å². The molecule has 0 aliphatic carbocycles. The average Bonchev–Trinajstić information content (AvgIpc) is 2.68. The highest BCUT2D eigenvalue weighted by Gasteiger charge is 2.07. The summed E-state index contributed by atoms with van der Waals surface area (Å²) >= 11 is 0. The van der Waals surface area contributed by atoms with Gasteiger partial charge in [-0.05, 0) is 43.3 Å². The van der Waals surface area contributed by atoms with Crippen LogP contribution in [0, 0.1) is 0 Å². The van der Waals surface area contributed by atoms with Gasteiger partial charge in [0, 0.05) is 12.7 Å². The molecule has 9 nitrogen and oxygen atoms in total. The van der Waals surface area contributed by atoms with E-state index in [1.807, 2.05) is 31.2 Å². The Balaban J connectivity index is 1.60. The minimum atomic E-state index is -0.319. The van der Waals surface area contributed by atoms with E-state index in [9.17, 15) is 4.79 Å². The molecule has 0 spiro atoms. The lowest BCUT2D eigenvalue weighted by Crippen LogP contribution is -2.28. The van der Waals surface area contributed by atoms with Gasteiger partial charge in [0.15, 0.2) is 11.5 Å². The van der Waals surface area contributed by atoms with Crippen molar-refractivity contribution in [1.82, 2.24) is 30.2 Å². The van der Waals surface area contributed by atoms with Crippen molar-refractivity contribution in [3.8, 4) is 0 Å². The summed E-state index contributed by atoms with van der Waals surface area (Å²) in [6.45, 7) is 2.37. The van der Waals surface area contributed by atoms with Crippen LogP contribution >= 0.6 is 0 Å². The Morgan fingerprint density at radius 1 is 0.889 bits per heavy atom. The van der Waals surface area contributed by atoms with Gasteiger partial charge in [-0.25, -0.2) is 24.7 Å². The second kappa shape index (κ2) is 7.16. The molecule has 134 valence electrons. The zero-order chi connectivity index (χ0) is 18.6. The van der Waals surface area contributed by atoms with Gasteiger partial charge in [-0.15, -0.1) is 0 Å². The highest BCUT2D eigenvalue weighted by atomic mass is 16.2. The Morgan fingerprint density at radius 2 is 1.70 bits per heavy atom. The topological polar surface area (TPSA) is 118 Å². The number of carbonyl (C=O) groups is 1. The summed E-state index contributed by atoms with van der Waals surface area (Å²) in [5.74, 6) is 1.52. The number of nitrogens with zero attached hydrogens (tertiary/aromatic N) is 5. The summed E-state index contributed by atoms with van der Waals surface area (Å²) in [5, 5.41) is 8.42. The Morgan fingerprint density at radius 3 is 2.59 bits per heavy atom. The third-order valence-electron chi connectivity index (χ3n) is 3.70. The minimum absolute atomic E-state index is 0.319. The number of rotatable bonds is 4. The lowest BCUT2D eigenvalue weighted by molar-refractivity contribution is 0.252.